The van der Waals surface area contributed by atoms with Crippen LogP contribution in [0.3, 0.4) is 0 Å². The first-order valence-corrected chi connectivity index (χ1v) is 6.34. The summed E-state index contributed by atoms with van der Waals surface area (Å²) in [5.74, 6) is 0.150. The quantitative estimate of drug-likeness (QED) is 0.911. The lowest BCUT2D eigenvalue weighted by Crippen LogP contribution is -2.13. The summed E-state index contributed by atoms with van der Waals surface area (Å²) in [5.41, 5.74) is 7.99. The predicted molar refractivity (Wildman–Crippen MR) is 69.2 cm³/mol. The van der Waals surface area contributed by atoms with Gasteiger partial charge in [-0.15, -0.1) is 11.3 Å². The molecule has 2 aromatic rings. The van der Waals surface area contributed by atoms with Crippen LogP contribution in [0.25, 0.3) is 0 Å². The monoisotopic (exact) mass is 252 g/mol. The molecule has 1 unspecified atom stereocenters. The number of thiazole rings is 1. The Bertz CT molecular complexity index is 481. The molecule has 1 heterocycles. The number of nitrogens with two attached hydrogens (primary N) is 1. The van der Waals surface area contributed by atoms with E-state index in [1.807, 2.05) is 36.6 Å². The summed E-state index contributed by atoms with van der Waals surface area (Å²) in [6.07, 6.45) is 0. The number of hydrogen-bond acceptors (Lipinski definition) is 3. The number of rotatable bonds is 3. The third-order valence-corrected chi connectivity index (χ3v) is 3.73. The molecule has 16 heavy (non-hydrogen) atoms. The van der Waals surface area contributed by atoms with Crippen molar-refractivity contribution >= 4 is 22.9 Å². The summed E-state index contributed by atoms with van der Waals surface area (Å²) < 4.78 is 0. The molecule has 0 aliphatic heterocycles. The average molecular weight is 253 g/mol. The summed E-state index contributed by atoms with van der Waals surface area (Å²) in [6, 6.07) is 7.81. The van der Waals surface area contributed by atoms with Gasteiger partial charge in [-0.25, -0.2) is 4.98 Å². The molecule has 0 saturated carbocycles. The number of aromatic nitrogens is 1. The Hall–Kier alpha value is -0.900. The Kier molecular flexibility index (Phi) is 3.59. The van der Waals surface area contributed by atoms with Gasteiger partial charge in [0.1, 0.15) is 5.01 Å². The van der Waals surface area contributed by atoms with Crippen molar-refractivity contribution in [3.05, 3.63) is 50.9 Å². The van der Waals surface area contributed by atoms with Gasteiger partial charge in [-0.1, -0.05) is 23.7 Å². The SMILES string of the molecule is Cc1csc(C(CN)c2cccc(Cl)c2)n1. The Morgan fingerprint density at radius 2 is 2.31 bits per heavy atom. The zero-order chi connectivity index (χ0) is 11.5. The minimum atomic E-state index is 0.150. The van der Waals surface area contributed by atoms with Crippen LogP contribution in [0.15, 0.2) is 29.6 Å². The van der Waals surface area contributed by atoms with Crippen LogP contribution in [0.1, 0.15) is 22.2 Å². The predicted octanol–water partition coefficient (Wildman–Crippen LogP) is 3.20. The van der Waals surface area contributed by atoms with E-state index in [1.165, 1.54) is 0 Å². The van der Waals surface area contributed by atoms with Crippen molar-refractivity contribution in [3.63, 3.8) is 0 Å². The summed E-state index contributed by atoms with van der Waals surface area (Å²) in [5, 5.41) is 3.84. The highest BCUT2D eigenvalue weighted by Gasteiger charge is 2.15. The van der Waals surface area contributed by atoms with Gasteiger partial charge in [-0.2, -0.15) is 0 Å². The van der Waals surface area contributed by atoms with E-state index in [-0.39, 0.29) is 5.92 Å². The first-order valence-electron chi connectivity index (χ1n) is 5.08. The fourth-order valence-corrected chi connectivity index (χ4v) is 2.77. The molecule has 0 aliphatic carbocycles. The topological polar surface area (TPSA) is 38.9 Å². The molecule has 1 aromatic carbocycles. The highest BCUT2D eigenvalue weighted by Crippen LogP contribution is 2.27. The Labute approximate surface area is 104 Å². The summed E-state index contributed by atoms with van der Waals surface area (Å²) in [7, 11) is 0. The van der Waals surface area contributed by atoms with Gasteiger partial charge in [-0.05, 0) is 24.6 Å². The van der Waals surface area contributed by atoms with Crippen molar-refractivity contribution in [1.82, 2.24) is 4.98 Å². The molecule has 0 spiro atoms. The van der Waals surface area contributed by atoms with Gasteiger partial charge in [0.15, 0.2) is 0 Å². The van der Waals surface area contributed by atoms with Crippen molar-refractivity contribution in [2.75, 3.05) is 6.54 Å². The maximum absolute atomic E-state index is 5.98. The zero-order valence-corrected chi connectivity index (χ0v) is 10.6. The molecule has 2 rings (SSSR count). The van der Waals surface area contributed by atoms with Crippen molar-refractivity contribution in [3.8, 4) is 0 Å². The van der Waals surface area contributed by atoms with E-state index in [0.29, 0.717) is 6.54 Å². The van der Waals surface area contributed by atoms with E-state index >= 15 is 0 Å². The number of halogens is 1. The fraction of sp³-hybridized carbons (Fsp3) is 0.250. The molecule has 0 amide bonds. The van der Waals surface area contributed by atoms with E-state index in [1.54, 1.807) is 11.3 Å². The van der Waals surface area contributed by atoms with Crippen LogP contribution in [0.4, 0.5) is 0 Å². The van der Waals surface area contributed by atoms with Gasteiger partial charge < -0.3 is 5.73 Å². The Morgan fingerprint density at radius 1 is 1.50 bits per heavy atom. The van der Waals surface area contributed by atoms with Crippen molar-refractivity contribution in [2.24, 2.45) is 5.73 Å². The van der Waals surface area contributed by atoms with Gasteiger partial charge in [0, 0.05) is 28.6 Å². The van der Waals surface area contributed by atoms with Crippen LogP contribution >= 0.6 is 22.9 Å². The van der Waals surface area contributed by atoms with Crippen LogP contribution in [0.5, 0.6) is 0 Å². The summed E-state index contributed by atoms with van der Waals surface area (Å²) >= 11 is 7.63. The average Bonchev–Trinajstić information content (AvgIpc) is 2.66. The van der Waals surface area contributed by atoms with Crippen LogP contribution < -0.4 is 5.73 Å². The third kappa shape index (κ3) is 2.43. The molecule has 0 fully saturated rings. The van der Waals surface area contributed by atoms with Crippen LogP contribution in [-0.4, -0.2) is 11.5 Å². The van der Waals surface area contributed by atoms with Crippen molar-refractivity contribution < 1.29 is 0 Å². The molecule has 84 valence electrons. The molecule has 1 aromatic heterocycles. The van der Waals surface area contributed by atoms with E-state index < -0.39 is 0 Å². The maximum atomic E-state index is 5.98. The lowest BCUT2D eigenvalue weighted by atomic mass is 10.0. The number of benzene rings is 1. The lowest BCUT2D eigenvalue weighted by Gasteiger charge is -2.12. The largest absolute Gasteiger partial charge is 0.329 e. The first-order chi connectivity index (χ1) is 7.70. The van der Waals surface area contributed by atoms with Gasteiger partial charge in [-0.3, -0.25) is 0 Å². The highest BCUT2D eigenvalue weighted by molar-refractivity contribution is 7.09. The molecule has 0 radical (unpaired) electrons. The van der Waals surface area contributed by atoms with Crippen LogP contribution in [0.2, 0.25) is 5.02 Å². The zero-order valence-electron chi connectivity index (χ0n) is 8.98. The van der Waals surface area contributed by atoms with E-state index in [0.717, 1.165) is 21.3 Å². The number of hydrogen-bond donors (Lipinski definition) is 1. The minimum absolute atomic E-state index is 0.150. The molecule has 1 atom stereocenters. The van der Waals surface area contributed by atoms with E-state index in [2.05, 4.69) is 4.98 Å². The number of nitrogens with zero attached hydrogens (tertiary/aromatic N) is 1. The standard InChI is InChI=1S/C12H13ClN2S/c1-8-7-16-12(15-8)11(6-14)9-3-2-4-10(13)5-9/h2-5,7,11H,6,14H2,1H3. The molecule has 4 heteroatoms. The van der Waals surface area contributed by atoms with Gasteiger partial charge in [0.05, 0.1) is 0 Å². The van der Waals surface area contributed by atoms with E-state index in [9.17, 15) is 0 Å². The molecular formula is C12H13ClN2S. The van der Waals surface area contributed by atoms with E-state index in [4.69, 9.17) is 17.3 Å². The minimum Gasteiger partial charge on any atom is -0.329 e. The second-order valence-corrected chi connectivity index (χ2v) is 5.00. The van der Waals surface area contributed by atoms with Gasteiger partial charge in [0.2, 0.25) is 0 Å². The molecular weight excluding hydrogens is 240 g/mol. The highest BCUT2D eigenvalue weighted by atomic mass is 35.5. The summed E-state index contributed by atoms with van der Waals surface area (Å²) in [6.45, 7) is 2.54. The second kappa shape index (κ2) is 4.95. The fourth-order valence-electron chi connectivity index (χ4n) is 1.64. The first kappa shape index (κ1) is 11.6. The molecule has 2 N–H and O–H groups in total. The van der Waals surface area contributed by atoms with Crippen LogP contribution in [-0.2, 0) is 0 Å². The lowest BCUT2D eigenvalue weighted by molar-refractivity contribution is 0.806. The second-order valence-electron chi connectivity index (χ2n) is 3.67. The summed E-state index contributed by atoms with van der Waals surface area (Å²) in [4.78, 5) is 4.48. The van der Waals surface area contributed by atoms with Crippen molar-refractivity contribution in [1.29, 1.82) is 0 Å². The third-order valence-electron chi connectivity index (χ3n) is 2.42. The van der Waals surface area contributed by atoms with Crippen molar-refractivity contribution in [2.45, 2.75) is 12.8 Å². The molecule has 0 aliphatic rings. The normalized spacial score (nSPS) is 12.7. The maximum Gasteiger partial charge on any atom is 0.102 e. The Morgan fingerprint density at radius 3 is 2.88 bits per heavy atom. The van der Waals surface area contributed by atoms with Gasteiger partial charge in [0.25, 0.3) is 0 Å². The van der Waals surface area contributed by atoms with Crippen LogP contribution in [0, 0.1) is 6.92 Å². The number of aryl methyl sites for hydroxylation is 1. The molecule has 0 bridgehead atoms. The smallest absolute Gasteiger partial charge is 0.102 e. The molecule has 2 nitrogen and oxygen atoms in total. The van der Waals surface area contributed by atoms with Gasteiger partial charge >= 0.3 is 0 Å². The molecule has 0 saturated heterocycles. The Balaban J connectivity index is 2.36.